The summed E-state index contributed by atoms with van der Waals surface area (Å²) in [5.41, 5.74) is 4.36. The first kappa shape index (κ1) is 14.9. The number of ketones is 1. The van der Waals surface area contributed by atoms with E-state index in [9.17, 15) is 4.79 Å². The van der Waals surface area contributed by atoms with Crippen LogP contribution in [0, 0.1) is 13.8 Å². The van der Waals surface area contributed by atoms with Gasteiger partial charge in [0.2, 0.25) is 0 Å². The molecule has 0 radical (unpaired) electrons. The molecule has 3 rings (SSSR count). The number of allylic oxidation sites excluding steroid dienone is 1. The number of nitrogens with zero attached hydrogens (tertiary/aromatic N) is 3. The summed E-state index contributed by atoms with van der Waals surface area (Å²) in [6.07, 6.45) is 4.86. The highest BCUT2D eigenvalue weighted by Gasteiger charge is 2.06. The maximum absolute atomic E-state index is 12.3. The molecule has 0 atom stereocenters. The van der Waals surface area contributed by atoms with Gasteiger partial charge in [0.1, 0.15) is 5.69 Å². The number of para-hydroxylation sites is 1. The van der Waals surface area contributed by atoms with Crippen molar-refractivity contribution in [3.8, 4) is 5.69 Å². The Kier molecular flexibility index (Phi) is 4.15. The summed E-state index contributed by atoms with van der Waals surface area (Å²) in [6.45, 7) is 3.96. The summed E-state index contributed by atoms with van der Waals surface area (Å²) in [6, 6.07) is 15.5. The second kappa shape index (κ2) is 6.40. The van der Waals surface area contributed by atoms with Crippen LogP contribution in [0.2, 0.25) is 0 Å². The molecule has 2 aromatic carbocycles. The monoisotopic (exact) mass is 303 g/mol. The molecular weight excluding hydrogens is 286 g/mol. The minimum atomic E-state index is -0.0308. The van der Waals surface area contributed by atoms with Crippen molar-refractivity contribution in [1.29, 1.82) is 0 Å². The van der Waals surface area contributed by atoms with E-state index in [1.807, 2.05) is 62.4 Å². The Morgan fingerprint density at radius 1 is 1.09 bits per heavy atom. The predicted octanol–water partition coefficient (Wildman–Crippen LogP) is 3.78. The fourth-order valence-electron chi connectivity index (χ4n) is 2.38. The van der Waals surface area contributed by atoms with Crippen molar-refractivity contribution in [2.45, 2.75) is 13.8 Å². The van der Waals surface area contributed by atoms with Gasteiger partial charge < -0.3 is 0 Å². The Morgan fingerprint density at radius 2 is 1.87 bits per heavy atom. The molecule has 4 nitrogen and oxygen atoms in total. The molecule has 0 amide bonds. The van der Waals surface area contributed by atoms with Gasteiger partial charge in [-0.25, -0.2) is 0 Å². The first-order chi connectivity index (χ1) is 11.1. The van der Waals surface area contributed by atoms with Gasteiger partial charge in [-0.05, 0) is 43.7 Å². The normalized spacial score (nSPS) is 11.0. The van der Waals surface area contributed by atoms with Gasteiger partial charge in [-0.2, -0.15) is 9.90 Å². The molecule has 3 aromatic rings. The maximum atomic E-state index is 12.3. The highest BCUT2D eigenvalue weighted by Crippen LogP contribution is 2.12. The van der Waals surface area contributed by atoms with E-state index in [0.29, 0.717) is 11.3 Å². The molecule has 0 saturated carbocycles. The van der Waals surface area contributed by atoms with Gasteiger partial charge in [-0.15, -0.1) is 5.10 Å². The molecular formula is C19H17N3O. The number of aryl methyl sites for hydroxylation is 2. The largest absolute Gasteiger partial charge is 0.289 e. The lowest BCUT2D eigenvalue weighted by Crippen LogP contribution is -1.99. The van der Waals surface area contributed by atoms with Gasteiger partial charge >= 0.3 is 0 Å². The lowest BCUT2D eigenvalue weighted by atomic mass is 10.0. The summed E-state index contributed by atoms with van der Waals surface area (Å²) in [5.74, 6) is -0.0308. The van der Waals surface area contributed by atoms with Crippen LogP contribution in [0.25, 0.3) is 11.8 Å². The van der Waals surface area contributed by atoms with Crippen LogP contribution in [0.15, 0.2) is 60.8 Å². The van der Waals surface area contributed by atoms with E-state index in [2.05, 4.69) is 10.2 Å². The molecule has 0 aliphatic rings. The predicted molar refractivity (Wildman–Crippen MR) is 90.6 cm³/mol. The second-order valence-electron chi connectivity index (χ2n) is 5.41. The number of hydrogen-bond acceptors (Lipinski definition) is 3. The van der Waals surface area contributed by atoms with E-state index in [4.69, 9.17) is 0 Å². The topological polar surface area (TPSA) is 47.8 Å². The summed E-state index contributed by atoms with van der Waals surface area (Å²) in [4.78, 5) is 13.8. The second-order valence-corrected chi connectivity index (χ2v) is 5.41. The van der Waals surface area contributed by atoms with Crippen molar-refractivity contribution in [2.75, 3.05) is 0 Å². The maximum Gasteiger partial charge on any atom is 0.186 e. The summed E-state index contributed by atoms with van der Waals surface area (Å²) in [7, 11) is 0. The molecule has 0 saturated heterocycles. The van der Waals surface area contributed by atoms with Crippen molar-refractivity contribution in [2.24, 2.45) is 0 Å². The molecule has 0 N–H and O–H groups in total. The van der Waals surface area contributed by atoms with Crippen LogP contribution in [0.5, 0.6) is 0 Å². The van der Waals surface area contributed by atoms with Crippen molar-refractivity contribution >= 4 is 11.9 Å². The molecule has 23 heavy (non-hydrogen) atoms. The van der Waals surface area contributed by atoms with Crippen LogP contribution in [-0.4, -0.2) is 20.8 Å². The van der Waals surface area contributed by atoms with Crippen molar-refractivity contribution < 1.29 is 4.79 Å². The molecule has 0 aliphatic carbocycles. The van der Waals surface area contributed by atoms with Gasteiger partial charge in [0, 0.05) is 5.56 Å². The van der Waals surface area contributed by atoms with Crippen LogP contribution in [0.4, 0.5) is 0 Å². The van der Waals surface area contributed by atoms with E-state index in [-0.39, 0.29) is 5.78 Å². The first-order valence-corrected chi connectivity index (χ1v) is 7.41. The van der Waals surface area contributed by atoms with Crippen molar-refractivity contribution in [3.05, 3.63) is 83.2 Å². The Morgan fingerprint density at radius 3 is 2.61 bits per heavy atom. The third-order valence-corrected chi connectivity index (χ3v) is 3.55. The summed E-state index contributed by atoms with van der Waals surface area (Å²) < 4.78 is 0. The first-order valence-electron chi connectivity index (χ1n) is 7.41. The van der Waals surface area contributed by atoms with E-state index in [0.717, 1.165) is 16.8 Å². The Balaban J connectivity index is 1.78. The van der Waals surface area contributed by atoms with Gasteiger partial charge in [-0.3, -0.25) is 4.79 Å². The minimum absolute atomic E-state index is 0.0308. The van der Waals surface area contributed by atoms with Crippen LogP contribution >= 0.6 is 0 Å². The lowest BCUT2D eigenvalue weighted by molar-refractivity contribution is 0.104. The molecule has 0 unspecified atom stereocenters. The average Bonchev–Trinajstić information content (AvgIpc) is 3.02. The summed E-state index contributed by atoms with van der Waals surface area (Å²) >= 11 is 0. The highest BCUT2D eigenvalue weighted by atomic mass is 16.1. The van der Waals surface area contributed by atoms with E-state index in [1.165, 1.54) is 6.08 Å². The van der Waals surface area contributed by atoms with E-state index >= 15 is 0 Å². The molecule has 114 valence electrons. The van der Waals surface area contributed by atoms with Gasteiger partial charge in [0.25, 0.3) is 0 Å². The third-order valence-electron chi connectivity index (χ3n) is 3.55. The number of aromatic nitrogens is 3. The fraction of sp³-hybridized carbons (Fsp3) is 0.105. The van der Waals surface area contributed by atoms with Gasteiger partial charge in [0.05, 0.1) is 11.9 Å². The smallest absolute Gasteiger partial charge is 0.186 e. The van der Waals surface area contributed by atoms with E-state index < -0.39 is 0 Å². The lowest BCUT2D eigenvalue weighted by Gasteiger charge is -2.02. The molecule has 0 spiro atoms. The Hall–Kier alpha value is -3.01. The molecule has 1 heterocycles. The zero-order valence-corrected chi connectivity index (χ0v) is 13.1. The average molecular weight is 303 g/mol. The number of rotatable bonds is 4. The van der Waals surface area contributed by atoms with Crippen LogP contribution < -0.4 is 0 Å². The Labute approximate surface area is 135 Å². The number of carbonyl (C=O) groups excluding carboxylic acids is 1. The molecule has 0 aliphatic heterocycles. The van der Waals surface area contributed by atoms with Crippen LogP contribution in [-0.2, 0) is 0 Å². The molecule has 0 bridgehead atoms. The minimum Gasteiger partial charge on any atom is -0.289 e. The Bertz CT molecular complexity index is 863. The van der Waals surface area contributed by atoms with Crippen LogP contribution in [0.3, 0.4) is 0 Å². The number of benzene rings is 2. The zero-order valence-electron chi connectivity index (χ0n) is 13.1. The van der Waals surface area contributed by atoms with Crippen molar-refractivity contribution in [1.82, 2.24) is 15.0 Å². The molecule has 1 aromatic heterocycles. The van der Waals surface area contributed by atoms with Gasteiger partial charge in [-0.1, -0.05) is 42.0 Å². The SMILES string of the molecule is Cc1ccc(C(=O)/C=C/c2cnn(-c3ccccc3)n2)c(C)c1. The quantitative estimate of drug-likeness (QED) is 0.544. The third kappa shape index (κ3) is 3.43. The van der Waals surface area contributed by atoms with E-state index in [1.54, 1.807) is 17.1 Å². The van der Waals surface area contributed by atoms with Crippen molar-refractivity contribution in [3.63, 3.8) is 0 Å². The standard InChI is InChI=1S/C19H17N3O/c1-14-8-10-18(15(2)12-14)19(23)11-9-16-13-20-22(21-16)17-6-4-3-5-7-17/h3-13H,1-2H3/b11-9+. The molecule has 0 fully saturated rings. The fourth-order valence-corrected chi connectivity index (χ4v) is 2.38. The summed E-state index contributed by atoms with van der Waals surface area (Å²) in [5, 5.41) is 8.56. The van der Waals surface area contributed by atoms with Gasteiger partial charge in [0.15, 0.2) is 5.78 Å². The zero-order chi connectivity index (χ0) is 16.2. The number of hydrogen-bond donors (Lipinski definition) is 0. The molecule has 4 heteroatoms. The highest BCUT2D eigenvalue weighted by molar-refractivity contribution is 6.07. The van der Waals surface area contributed by atoms with Crippen LogP contribution in [0.1, 0.15) is 27.2 Å². The number of carbonyl (C=O) groups is 1.